The monoisotopic (exact) mass is 86.1 g/mol. The Balaban J connectivity index is 2.49. The zero-order valence-corrected chi connectivity index (χ0v) is 3.77. The molecule has 0 saturated heterocycles. The van der Waals surface area contributed by atoms with Gasteiger partial charge in [0.2, 0.25) is 0 Å². The van der Waals surface area contributed by atoms with Crippen LogP contribution in [0, 0.1) is 12.0 Å². The predicted molar refractivity (Wildman–Crippen MR) is 24.7 cm³/mol. The Labute approximate surface area is 37.6 Å². The molecular weight excluding hydrogens is 78.0 g/mol. The zero-order valence-electron chi connectivity index (χ0n) is 3.77. The number of ether oxygens (including phenoxy) is 1. The zero-order chi connectivity index (χ0) is 4.83. The molecule has 0 aromatic carbocycles. The largest absolute Gasteiger partial charge is 0.370 e. The summed E-state index contributed by atoms with van der Waals surface area (Å²) in [6, 6.07) is 0. The third-order valence-electron chi connectivity index (χ3n) is 0.331. The second-order valence-corrected chi connectivity index (χ2v) is 0.758. The maximum absolute atomic E-state index is 6.40. The van der Waals surface area contributed by atoms with Crippen LogP contribution in [0.2, 0.25) is 0 Å². The molecule has 2 nitrogen and oxygen atoms in total. The Morgan fingerprint density at radius 1 is 1.83 bits per heavy atom. The summed E-state index contributed by atoms with van der Waals surface area (Å²) in [5, 5.41) is 6.40. The van der Waals surface area contributed by atoms with E-state index in [1.54, 1.807) is 0 Å². The Kier molecular flexibility index (Phi) is 4.34. The van der Waals surface area contributed by atoms with E-state index >= 15 is 0 Å². The van der Waals surface area contributed by atoms with Crippen LogP contribution in [-0.2, 0) is 4.74 Å². The van der Waals surface area contributed by atoms with E-state index in [0.717, 1.165) is 6.21 Å². The fraction of sp³-hybridized carbons (Fsp3) is 0.500. The highest BCUT2D eigenvalue weighted by molar-refractivity contribution is 5.61. The molecule has 2 heteroatoms. The van der Waals surface area contributed by atoms with Crippen molar-refractivity contribution in [2.24, 2.45) is 0 Å². The van der Waals surface area contributed by atoms with Gasteiger partial charge in [0.1, 0.15) is 6.61 Å². The number of hydrogen-bond acceptors (Lipinski definition) is 2. The minimum Gasteiger partial charge on any atom is -0.370 e. The molecule has 0 aliphatic heterocycles. The van der Waals surface area contributed by atoms with E-state index in [1.165, 1.54) is 6.61 Å². The van der Waals surface area contributed by atoms with Crippen molar-refractivity contribution < 1.29 is 4.74 Å². The van der Waals surface area contributed by atoms with Crippen LogP contribution in [0.4, 0.5) is 0 Å². The molecule has 0 aliphatic rings. The van der Waals surface area contributed by atoms with Crippen molar-refractivity contribution in [3.63, 3.8) is 0 Å². The predicted octanol–water partition coefficient (Wildman–Crippen LogP) is 0.834. The first kappa shape index (κ1) is 5.63. The maximum Gasteiger partial charge on any atom is 0.123 e. The fourth-order valence-corrected chi connectivity index (χ4v) is 0.144. The van der Waals surface area contributed by atoms with Crippen molar-refractivity contribution in [2.45, 2.75) is 6.92 Å². The number of hydrogen-bond donors (Lipinski definition) is 1. The first-order valence-electron chi connectivity index (χ1n) is 1.85. The third kappa shape index (κ3) is 3.63. The molecule has 0 aromatic rings. The van der Waals surface area contributed by atoms with Crippen molar-refractivity contribution in [3.05, 3.63) is 6.61 Å². The van der Waals surface area contributed by atoms with E-state index < -0.39 is 0 Å². The molecule has 0 unspecified atom stereocenters. The second-order valence-electron chi connectivity index (χ2n) is 0.758. The van der Waals surface area contributed by atoms with Crippen molar-refractivity contribution in [2.75, 3.05) is 6.61 Å². The van der Waals surface area contributed by atoms with Crippen molar-refractivity contribution in [1.82, 2.24) is 0 Å². The summed E-state index contributed by atoms with van der Waals surface area (Å²) in [6.07, 6.45) is 1.11. The van der Waals surface area contributed by atoms with E-state index in [9.17, 15) is 0 Å². The molecule has 35 valence electrons. The standard InChI is InChI=1S/C4H8NO/c1-2-6-4-3-5/h3-5H,2H2,1H3. The maximum atomic E-state index is 6.40. The van der Waals surface area contributed by atoms with E-state index in [2.05, 4.69) is 4.74 Å². The molecule has 0 atom stereocenters. The molecule has 0 bridgehead atoms. The van der Waals surface area contributed by atoms with Crippen LogP contribution in [0.1, 0.15) is 6.92 Å². The first-order valence-corrected chi connectivity index (χ1v) is 1.85. The van der Waals surface area contributed by atoms with Gasteiger partial charge in [0, 0.05) is 12.8 Å². The van der Waals surface area contributed by atoms with Gasteiger partial charge in [0.05, 0.1) is 0 Å². The van der Waals surface area contributed by atoms with Crippen molar-refractivity contribution in [1.29, 1.82) is 5.41 Å². The molecule has 1 radical (unpaired) electrons. The summed E-state index contributed by atoms with van der Waals surface area (Å²) in [5.74, 6) is 0. The van der Waals surface area contributed by atoms with Gasteiger partial charge in [-0.25, -0.2) is 0 Å². The lowest BCUT2D eigenvalue weighted by Crippen LogP contribution is -1.83. The summed E-state index contributed by atoms with van der Waals surface area (Å²) < 4.78 is 4.61. The normalized spacial score (nSPS) is 8.17. The van der Waals surface area contributed by atoms with Gasteiger partial charge in [-0.05, 0) is 6.92 Å². The molecule has 0 spiro atoms. The molecule has 0 amide bonds. The highest BCUT2D eigenvalue weighted by Gasteiger charge is 1.70. The molecule has 6 heavy (non-hydrogen) atoms. The van der Waals surface area contributed by atoms with E-state index in [4.69, 9.17) is 5.41 Å². The van der Waals surface area contributed by atoms with Gasteiger partial charge < -0.3 is 10.1 Å². The van der Waals surface area contributed by atoms with E-state index in [1.807, 2.05) is 6.92 Å². The highest BCUT2D eigenvalue weighted by Crippen LogP contribution is 1.70. The first-order chi connectivity index (χ1) is 2.91. The lowest BCUT2D eigenvalue weighted by atomic mass is 10.8. The summed E-state index contributed by atoms with van der Waals surface area (Å²) in [4.78, 5) is 0. The van der Waals surface area contributed by atoms with Crippen LogP contribution in [0.5, 0.6) is 0 Å². The number of nitrogens with one attached hydrogen (secondary N) is 1. The van der Waals surface area contributed by atoms with Crippen LogP contribution < -0.4 is 0 Å². The van der Waals surface area contributed by atoms with Gasteiger partial charge in [-0.2, -0.15) is 0 Å². The topological polar surface area (TPSA) is 33.1 Å². The quantitative estimate of drug-likeness (QED) is 0.400. The van der Waals surface area contributed by atoms with Crippen molar-refractivity contribution >= 4 is 6.21 Å². The van der Waals surface area contributed by atoms with Gasteiger partial charge in [-0.15, -0.1) is 0 Å². The van der Waals surface area contributed by atoms with E-state index in [0.29, 0.717) is 6.61 Å². The molecule has 0 aliphatic carbocycles. The van der Waals surface area contributed by atoms with Crippen LogP contribution in [0.3, 0.4) is 0 Å². The molecule has 0 saturated carbocycles. The van der Waals surface area contributed by atoms with Gasteiger partial charge in [-0.3, -0.25) is 0 Å². The Hall–Kier alpha value is -0.370. The SMILES string of the molecule is CCO[CH]C=N. The fourth-order valence-electron chi connectivity index (χ4n) is 0.144. The van der Waals surface area contributed by atoms with Gasteiger partial charge in [0.25, 0.3) is 0 Å². The molecule has 0 heterocycles. The average Bonchev–Trinajstić information content (AvgIpc) is 1.61. The molecule has 0 aromatic heterocycles. The van der Waals surface area contributed by atoms with Gasteiger partial charge in [0.15, 0.2) is 0 Å². The Bertz CT molecular complexity index is 36.5. The smallest absolute Gasteiger partial charge is 0.123 e. The average molecular weight is 86.1 g/mol. The number of rotatable bonds is 3. The lowest BCUT2D eigenvalue weighted by Gasteiger charge is -1.86. The molecule has 0 rings (SSSR count). The summed E-state index contributed by atoms with van der Waals surface area (Å²) >= 11 is 0. The Morgan fingerprint density at radius 2 is 2.50 bits per heavy atom. The second kappa shape index (κ2) is 4.63. The van der Waals surface area contributed by atoms with Gasteiger partial charge >= 0.3 is 0 Å². The molecular formula is C4H8NO. The summed E-state index contributed by atoms with van der Waals surface area (Å²) in [6.45, 7) is 3.87. The minimum absolute atomic E-state index is 0.648. The van der Waals surface area contributed by atoms with Crippen LogP contribution in [-0.4, -0.2) is 12.8 Å². The molecule has 1 N–H and O–H groups in total. The Morgan fingerprint density at radius 3 is 2.67 bits per heavy atom. The van der Waals surface area contributed by atoms with Crippen molar-refractivity contribution in [3.8, 4) is 0 Å². The summed E-state index contributed by atoms with van der Waals surface area (Å²) in [5.41, 5.74) is 0. The van der Waals surface area contributed by atoms with E-state index in [-0.39, 0.29) is 0 Å². The van der Waals surface area contributed by atoms with Gasteiger partial charge in [-0.1, -0.05) is 0 Å². The highest BCUT2D eigenvalue weighted by atomic mass is 16.5. The van der Waals surface area contributed by atoms with Crippen LogP contribution in [0.15, 0.2) is 0 Å². The minimum atomic E-state index is 0.648. The van der Waals surface area contributed by atoms with Crippen LogP contribution in [0.25, 0.3) is 0 Å². The summed E-state index contributed by atoms with van der Waals surface area (Å²) in [7, 11) is 0. The van der Waals surface area contributed by atoms with Crippen LogP contribution >= 0.6 is 0 Å². The lowest BCUT2D eigenvalue weighted by molar-refractivity contribution is 0.242. The molecule has 0 fully saturated rings. The third-order valence-corrected chi connectivity index (χ3v) is 0.331.